The van der Waals surface area contributed by atoms with E-state index in [4.69, 9.17) is 18.5 Å². The molecule has 0 saturated heterocycles. The van der Waals surface area contributed by atoms with Crippen molar-refractivity contribution in [2.45, 2.75) is 200 Å². The molecule has 0 aliphatic rings. The van der Waals surface area contributed by atoms with Gasteiger partial charge < -0.3 is 18.9 Å². The van der Waals surface area contributed by atoms with E-state index in [-0.39, 0.29) is 25.8 Å². The van der Waals surface area contributed by atoms with Gasteiger partial charge in [-0.05, 0) is 64.2 Å². The van der Waals surface area contributed by atoms with Gasteiger partial charge in [0, 0.05) is 13.0 Å². The predicted molar refractivity (Wildman–Crippen MR) is 224 cm³/mol. The summed E-state index contributed by atoms with van der Waals surface area (Å²) >= 11 is 0. The van der Waals surface area contributed by atoms with E-state index in [1.807, 2.05) is 21.1 Å². The van der Waals surface area contributed by atoms with Gasteiger partial charge in [-0.2, -0.15) is 0 Å². The topological polar surface area (TPSA) is 91.3 Å². The van der Waals surface area contributed by atoms with Crippen LogP contribution in [-0.2, 0) is 27.9 Å². The van der Waals surface area contributed by atoms with Crippen molar-refractivity contribution in [3.05, 3.63) is 24.3 Å². The highest BCUT2D eigenvalue weighted by Crippen LogP contribution is 2.43. The Balaban J connectivity index is 4.25. The maximum atomic E-state index is 12.7. The second kappa shape index (κ2) is 37.9. The number of rotatable bonds is 41. The first-order chi connectivity index (χ1) is 25.6. The standard InChI is InChI=1S/C44H86NO7P/c1-6-8-10-12-14-16-18-20-22-24-26-28-30-32-34-36-39-49-41-43(42-51-53(47,48)50-40-38-45(3,4)5)52-44(46)37-35-33-31-29-27-25-23-21-19-17-15-13-11-9-7-2/h20-23,43H,6-19,24-42H2,1-5H3/p+1/b22-20-,23-21-. The third-order valence-corrected chi connectivity index (χ3v) is 10.5. The maximum absolute atomic E-state index is 12.7. The minimum Gasteiger partial charge on any atom is -0.457 e. The van der Waals surface area contributed by atoms with Gasteiger partial charge in [0.2, 0.25) is 0 Å². The Morgan fingerprint density at radius 3 is 1.43 bits per heavy atom. The third-order valence-electron chi connectivity index (χ3n) is 9.49. The van der Waals surface area contributed by atoms with Gasteiger partial charge in [0.05, 0.1) is 34.4 Å². The van der Waals surface area contributed by atoms with Crippen LogP contribution in [0.4, 0.5) is 0 Å². The summed E-state index contributed by atoms with van der Waals surface area (Å²) in [5.41, 5.74) is 0. The van der Waals surface area contributed by atoms with Crippen LogP contribution in [0.2, 0.25) is 0 Å². The summed E-state index contributed by atoms with van der Waals surface area (Å²) in [6.45, 7) is 5.60. The molecule has 0 saturated carbocycles. The van der Waals surface area contributed by atoms with E-state index in [1.165, 1.54) is 128 Å². The van der Waals surface area contributed by atoms with Gasteiger partial charge in [0.15, 0.2) is 0 Å². The zero-order chi connectivity index (χ0) is 39.1. The summed E-state index contributed by atoms with van der Waals surface area (Å²) in [4.78, 5) is 22.9. The number of allylic oxidation sites excluding steroid dienone is 4. The van der Waals surface area contributed by atoms with Crippen LogP contribution in [0.1, 0.15) is 194 Å². The molecular weight excluding hydrogens is 685 g/mol. The van der Waals surface area contributed by atoms with E-state index in [0.717, 1.165) is 44.9 Å². The molecule has 8 nitrogen and oxygen atoms in total. The Hall–Kier alpha value is -1.02. The first-order valence-corrected chi connectivity index (χ1v) is 23.6. The lowest BCUT2D eigenvalue weighted by molar-refractivity contribution is -0.870. The fourth-order valence-electron chi connectivity index (χ4n) is 6.01. The van der Waals surface area contributed by atoms with Crippen molar-refractivity contribution in [3.8, 4) is 0 Å². The van der Waals surface area contributed by atoms with Gasteiger partial charge in [0.25, 0.3) is 0 Å². The van der Waals surface area contributed by atoms with Crippen LogP contribution in [0, 0.1) is 0 Å². The molecule has 2 atom stereocenters. The van der Waals surface area contributed by atoms with Gasteiger partial charge in [0.1, 0.15) is 19.3 Å². The van der Waals surface area contributed by atoms with E-state index in [1.54, 1.807) is 0 Å². The van der Waals surface area contributed by atoms with Gasteiger partial charge in [-0.25, -0.2) is 4.57 Å². The normalized spacial score (nSPS) is 14.0. The highest BCUT2D eigenvalue weighted by Gasteiger charge is 2.26. The minimum atomic E-state index is -4.27. The molecule has 0 aromatic rings. The van der Waals surface area contributed by atoms with E-state index in [2.05, 4.69) is 38.2 Å². The molecule has 0 aliphatic heterocycles. The molecule has 1 N–H and O–H groups in total. The number of hydrogen-bond acceptors (Lipinski definition) is 6. The van der Waals surface area contributed by atoms with E-state index in [0.29, 0.717) is 24.1 Å². The van der Waals surface area contributed by atoms with Crippen LogP contribution in [0.25, 0.3) is 0 Å². The smallest absolute Gasteiger partial charge is 0.457 e. The van der Waals surface area contributed by atoms with Crippen molar-refractivity contribution in [1.82, 2.24) is 0 Å². The van der Waals surface area contributed by atoms with Crippen molar-refractivity contribution in [2.24, 2.45) is 0 Å². The van der Waals surface area contributed by atoms with Gasteiger partial charge in [-0.15, -0.1) is 0 Å². The summed E-state index contributed by atoms with van der Waals surface area (Å²) in [7, 11) is 1.66. The molecule has 0 heterocycles. The molecule has 314 valence electrons. The second-order valence-electron chi connectivity index (χ2n) is 16.1. The van der Waals surface area contributed by atoms with Crippen LogP contribution >= 0.6 is 7.82 Å². The molecule has 53 heavy (non-hydrogen) atoms. The van der Waals surface area contributed by atoms with Crippen LogP contribution in [0.5, 0.6) is 0 Å². The fourth-order valence-corrected chi connectivity index (χ4v) is 6.75. The Morgan fingerprint density at radius 1 is 0.566 bits per heavy atom. The third kappa shape index (κ3) is 42.0. The van der Waals surface area contributed by atoms with Crippen molar-refractivity contribution < 1.29 is 37.3 Å². The number of ether oxygens (including phenoxy) is 2. The van der Waals surface area contributed by atoms with Crippen LogP contribution < -0.4 is 0 Å². The zero-order valence-corrected chi connectivity index (χ0v) is 36.4. The summed E-state index contributed by atoms with van der Waals surface area (Å²) < 4.78 is 35.0. The number of quaternary nitrogens is 1. The van der Waals surface area contributed by atoms with Gasteiger partial charge in [-0.3, -0.25) is 13.8 Å². The number of unbranched alkanes of at least 4 members (excludes halogenated alkanes) is 23. The number of hydrogen-bond donors (Lipinski definition) is 1. The first kappa shape index (κ1) is 52.0. The van der Waals surface area contributed by atoms with Crippen LogP contribution in [0.3, 0.4) is 0 Å². The number of esters is 1. The fraction of sp³-hybridized carbons (Fsp3) is 0.886. The number of likely N-dealkylation sites (N-methyl/N-ethyl adjacent to an activating group) is 1. The largest absolute Gasteiger partial charge is 0.472 e. The summed E-state index contributed by atoms with van der Waals surface area (Å²) in [5, 5.41) is 0. The average Bonchev–Trinajstić information content (AvgIpc) is 3.11. The Kier molecular flexibility index (Phi) is 37.2. The molecule has 2 unspecified atom stereocenters. The average molecular weight is 773 g/mol. The molecular formula is C44H87NO7P+. The van der Waals surface area contributed by atoms with Crippen molar-refractivity contribution in [3.63, 3.8) is 0 Å². The Labute approximate surface area is 328 Å². The highest BCUT2D eigenvalue weighted by molar-refractivity contribution is 7.47. The number of carbonyl (C=O) groups is 1. The molecule has 0 amide bonds. The minimum absolute atomic E-state index is 0.0870. The predicted octanol–water partition coefficient (Wildman–Crippen LogP) is 12.8. The van der Waals surface area contributed by atoms with Crippen LogP contribution in [-0.4, -0.2) is 75.6 Å². The summed E-state index contributed by atoms with van der Waals surface area (Å²) in [5.74, 6) is -0.323. The number of phosphoric acid groups is 1. The summed E-state index contributed by atoms with van der Waals surface area (Å²) in [6, 6.07) is 0. The molecule has 0 aromatic carbocycles. The van der Waals surface area contributed by atoms with Crippen molar-refractivity contribution >= 4 is 13.8 Å². The lowest BCUT2D eigenvalue weighted by Gasteiger charge is -2.24. The molecule has 9 heteroatoms. The first-order valence-electron chi connectivity index (χ1n) is 22.1. The number of carbonyl (C=O) groups excluding carboxylic acids is 1. The van der Waals surface area contributed by atoms with Crippen LogP contribution in [0.15, 0.2) is 24.3 Å². The monoisotopic (exact) mass is 773 g/mol. The number of phosphoric ester groups is 1. The molecule has 0 aromatic heterocycles. The molecule has 0 bridgehead atoms. The van der Waals surface area contributed by atoms with E-state index >= 15 is 0 Å². The van der Waals surface area contributed by atoms with Gasteiger partial charge >= 0.3 is 13.8 Å². The summed E-state index contributed by atoms with van der Waals surface area (Å²) in [6.07, 6.45) is 42.0. The van der Waals surface area contributed by atoms with Gasteiger partial charge in [-0.1, -0.05) is 147 Å². The van der Waals surface area contributed by atoms with Crippen molar-refractivity contribution in [1.29, 1.82) is 0 Å². The molecule has 0 fully saturated rings. The lowest BCUT2D eigenvalue weighted by Crippen LogP contribution is -2.37. The van der Waals surface area contributed by atoms with E-state index in [9.17, 15) is 14.3 Å². The SMILES string of the molecule is CCCCCCCC/C=C\CCCCCCCCOCC(COP(=O)(O)OCC[N+](C)(C)C)OC(=O)CCCCCCC/C=C\CCCCCCCC. The van der Waals surface area contributed by atoms with Crippen molar-refractivity contribution in [2.75, 3.05) is 54.1 Å². The quantitative estimate of drug-likeness (QED) is 0.0217. The van der Waals surface area contributed by atoms with E-state index < -0.39 is 13.9 Å². The highest BCUT2D eigenvalue weighted by atomic mass is 31.2. The molecule has 0 aliphatic carbocycles. The zero-order valence-electron chi connectivity index (χ0n) is 35.5. The Morgan fingerprint density at radius 2 is 0.981 bits per heavy atom. The lowest BCUT2D eigenvalue weighted by atomic mass is 10.1. The number of nitrogens with zero attached hydrogens (tertiary/aromatic N) is 1. The molecule has 0 spiro atoms. The molecule has 0 rings (SSSR count). The maximum Gasteiger partial charge on any atom is 0.472 e. The molecule has 0 radical (unpaired) electrons. The Bertz CT molecular complexity index is 905. The second-order valence-corrected chi connectivity index (χ2v) is 17.5.